The number of nitro benzene ring substituents is 1. The number of imide groups is 2. The van der Waals surface area contributed by atoms with E-state index in [0.29, 0.717) is 36.6 Å². The maximum absolute atomic E-state index is 14.1. The molecule has 0 aromatic heterocycles. The van der Waals surface area contributed by atoms with Crippen LogP contribution in [0, 0.1) is 15.5 Å². The van der Waals surface area contributed by atoms with Crippen molar-refractivity contribution in [3.8, 4) is 5.75 Å². The van der Waals surface area contributed by atoms with Gasteiger partial charge in [0.1, 0.15) is 5.75 Å². The van der Waals surface area contributed by atoms with Crippen molar-refractivity contribution < 1.29 is 24.0 Å². The normalized spacial score (nSPS) is 24.5. The van der Waals surface area contributed by atoms with Crippen molar-refractivity contribution in [2.75, 3.05) is 43.6 Å². The van der Waals surface area contributed by atoms with Gasteiger partial charge in [-0.25, -0.2) is 9.69 Å². The third-order valence-corrected chi connectivity index (χ3v) is 6.95. The number of amides is 4. The molecule has 1 spiro atoms. The molecule has 2 fully saturated rings. The van der Waals surface area contributed by atoms with Gasteiger partial charge in [-0.15, -0.1) is 0 Å². The number of likely N-dealkylation sites (N-methyl/N-ethyl adjacent to an activating group) is 1. The van der Waals surface area contributed by atoms with Gasteiger partial charge in [0, 0.05) is 43.9 Å². The Hall–Kier alpha value is -3.99. The summed E-state index contributed by atoms with van der Waals surface area (Å²) in [6.45, 7) is 1.64. The highest BCUT2D eigenvalue weighted by molar-refractivity contribution is 6.30. The molecule has 1 N–H and O–H groups in total. The minimum Gasteiger partial charge on any atom is -0.497 e. The molecule has 3 aliphatic heterocycles. The second-order valence-electron chi connectivity index (χ2n) is 8.79. The van der Waals surface area contributed by atoms with E-state index in [1.54, 1.807) is 30.3 Å². The van der Waals surface area contributed by atoms with E-state index < -0.39 is 34.2 Å². The van der Waals surface area contributed by atoms with Crippen molar-refractivity contribution in [3.05, 3.63) is 58.1 Å². The van der Waals surface area contributed by atoms with Crippen molar-refractivity contribution in [2.45, 2.75) is 12.5 Å². The number of piperazine rings is 1. The molecule has 2 atom stereocenters. The van der Waals surface area contributed by atoms with Crippen LogP contribution >= 0.6 is 0 Å². The van der Waals surface area contributed by atoms with Crippen LogP contribution in [0.15, 0.2) is 42.5 Å². The van der Waals surface area contributed by atoms with Gasteiger partial charge >= 0.3 is 6.03 Å². The van der Waals surface area contributed by atoms with E-state index >= 15 is 0 Å². The van der Waals surface area contributed by atoms with Crippen LogP contribution in [-0.4, -0.2) is 67.5 Å². The number of nitrogens with zero attached hydrogens (tertiary/aromatic N) is 4. The fraction of sp³-hybridized carbons (Fsp3) is 0.348. The molecule has 4 amide bonds. The Morgan fingerprint density at radius 1 is 1.12 bits per heavy atom. The average Bonchev–Trinajstić information content (AvgIpc) is 2.82. The molecule has 0 unspecified atom stereocenters. The van der Waals surface area contributed by atoms with Gasteiger partial charge < -0.3 is 14.5 Å². The summed E-state index contributed by atoms with van der Waals surface area (Å²) in [7, 11) is 3.42. The number of hydrogen-bond acceptors (Lipinski definition) is 8. The van der Waals surface area contributed by atoms with Gasteiger partial charge in [0.25, 0.3) is 11.6 Å². The number of ether oxygens (including phenoxy) is 1. The molecule has 11 nitrogen and oxygen atoms in total. The number of carbonyl (C=O) groups excluding carboxylic acids is 3. The molecular weight excluding hydrogens is 442 g/mol. The Balaban J connectivity index is 1.66. The predicted octanol–water partition coefficient (Wildman–Crippen LogP) is 1.55. The highest BCUT2D eigenvalue weighted by Crippen LogP contribution is 2.47. The summed E-state index contributed by atoms with van der Waals surface area (Å²) < 4.78 is 5.16. The molecule has 3 aliphatic rings. The van der Waals surface area contributed by atoms with Gasteiger partial charge in [-0.2, -0.15) is 0 Å². The number of carbonyl (C=O) groups is 3. The maximum atomic E-state index is 14.1. The summed E-state index contributed by atoms with van der Waals surface area (Å²) in [6.07, 6.45) is -0.0520. The number of barbiturate groups is 1. The molecular formula is C23H23N5O6. The molecule has 0 radical (unpaired) electrons. The third kappa shape index (κ3) is 3.11. The number of hydrogen-bond donors (Lipinski definition) is 1. The number of non-ortho nitro benzene ring substituents is 1. The number of fused-ring (bicyclic) bond motifs is 4. The fourth-order valence-electron chi connectivity index (χ4n) is 5.22. The molecule has 11 heteroatoms. The summed E-state index contributed by atoms with van der Waals surface area (Å²) in [4.78, 5) is 56.3. The molecule has 3 heterocycles. The number of nitrogens with one attached hydrogen (secondary N) is 1. The molecule has 0 saturated carbocycles. The summed E-state index contributed by atoms with van der Waals surface area (Å²) in [5.74, 6) is -0.776. The first-order valence-corrected chi connectivity index (χ1v) is 10.8. The molecule has 5 rings (SSSR count). The lowest BCUT2D eigenvalue weighted by atomic mass is 9.67. The summed E-state index contributed by atoms with van der Waals surface area (Å²) in [5.41, 5.74) is -0.153. The first kappa shape index (κ1) is 21.8. The number of anilines is 2. The molecule has 34 heavy (non-hydrogen) atoms. The first-order chi connectivity index (χ1) is 16.3. The number of rotatable bonds is 3. The molecule has 0 bridgehead atoms. The van der Waals surface area contributed by atoms with Crippen molar-refractivity contribution in [1.29, 1.82) is 0 Å². The lowest BCUT2D eigenvalue weighted by Crippen LogP contribution is -2.75. The van der Waals surface area contributed by atoms with E-state index in [9.17, 15) is 24.5 Å². The first-order valence-electron chi connectivity index (χ1n) is 10.8. The molecule has 176 valence electrons. The van der Waals surface area contributed by atoms with Crippen molar-refractivity contribution >= 4 is 34.9 Å². The fourth-order valence-corrected chi connectivity index (χ4v) is 5.22. The Kier molecular flexibility index (Phi) is 5.01. The lowest BCUT2D eigenvalue weighted by molar-refractivity contribution is -0.384. The second-order valence-corrected chi connectivity index (χ2v) is 8.79. The van der Waals surface area contributed by atoms with E-state index in [1.807, 2.05) is 16.8 Å². The quantitative estimate of drug-likeness (QED) is 0.411. The van der Waals surface area contributed by atoms with Gasteiger partial charge in [-0.05, 0) is 42.9 Å². The minimum absolute atomic E-state index is 0.0520. The van der Waals surface area contributed by atoms with E-state index in [4.69, 9.17) is 4.74 Å². The summed E-state index contributed by atoms with van der Waals surface area (Å²) in [5, 5.41) is 13.8. The van der Waals surface area contributed by atoms with Crippen LogP contribution in [0.5, 0.6) is 5.75 Å². The van der Waals surface area contributed by atoms with Gasteiger partial charge in [0.05, 0.1) is 23.8 Å². The SMILES string of the molecule is COc1ccc(N2C(=O)NC(=O)[C@]3(Cc4cc([N+](=O)[O-])ccc4N4CCN(C)C[C@H]43)C2=O)cc1. The van der Waals surface area contributed by atoms with Crippen molar-refractivity contribution in [3.63, 3.8) is 0 Å². The van der Waals surface area contributed by atoms with Gasteiger partial charge in [0.15, 0.2) is 5.41 Å². The zero-order valence-electron chi connectivity index (χ0n) is 18.7. The Morgan fingerprint density at radius 3 is 2.53 bits per heavy atom. The van der Waals surface area contributed by atoms with Crippen molar-refractivity contribution in [2.24, 2.45) is 5.41 Å². The van der Waals surface area contributed by atoms with Gasteiger partial charge in [0.2, 0.25) is 5.91 Å². The smallest absolute Gasteiger partial charge is 0.335 e. The number of urea groups is 1. The van der Waals surface area contributed by atoms with Crippen molar-refractivity contribution in [1.82, 2.24) is 10.2 Å². The zero-order chi connectivity index (χ0) is 24.2. The lowest BCUT2D eigenvalue weighted by Gasteiger charge is -2.54. The molecule has 2 saturated heterocycles. The van der Waals surface area contributed by atoms with Crippen LogP contribution in [0.25, 0.3) is 0 Å². The van der Waals surface area contributed by atoms with Gasteiger partial charge in [-0.3, -0.25) is 25.0 Å². The second kappa shape index (κ2) is 7.80. The minimum atomic E-state index is -1.63. The zero-order valence-corrected chi connectivity index (χ0v) is 18.7. The number of nitro groups is 1. The number of methoxy groups -OCH3 is 1. The highest BCUT2D eigenvalue weighted by Gasteiger charge is 2.63. The predicted molar refractivity (Wildman–Crippen MR) is 122 cm³/mol. The average molecular weight is 465 g/mol. The monoisotopic (exact) mass is 465 g/mol. The van der Waals surface area contributed by atoms with E-state index in [1.165, 1.54) is 19.2 Å². The van der Waals surface area contributed by atoms with Crippen LogP contribution in [0.2, 0.25) is 0 Å². The van der Waals surface area contributed by atoms with E-state index in [-0.39, 0.29) is 12.1 Å². The Bertz CT molecular complexity index is 1210. The Morgan fingerprint density at radius 2 is 1.85 bits per heavy atom. The topological polar surface area (TPSA) is 125 Å². The molecule has 2 aromatic rings. The number of benzene rings is 2. The Labute approximate surface area is 195 Å². The summed E-state index contributed by atoms with van der Waals surface area (Å²) in [6, 6.07) is 9.54. The molecule has 2 aromatic carbocycles. The van der Waals surface area contributed by atoms with Crippen LogP contribution in [0.1, 0.15) is 5.56 Å². The van der Waals surface area contributed by atoms with Crippen LogP contribution in [0.3, 0.4) is 0 Å². The summed E-state index contributed by atoms with van der Waals surface area (Å²) >= 11 is 0. The third-order valence-electron chi connectivity index (χ3n) is 6.95. The largest absolute Gasteiger partial charge is 0.497 e. The van der Waals surface area contributed by atoms with E-state index in [2.05, 4.69) is 5.32 Å². The standard InChI is InChI=1S/C23H23N5O6/c1-25-9-10-26-18-8-5-16(28(32)33)11-14(18)12-23(19(26)13-25)20(29)24-22(31)27(21(23)30)15-3-6-17(34-2)7-4-15/h3-8,11,19H,9-10,12-13H2,1-2H3,(H,24,29,31)/t19-,23+/m0/s1. The van der Waals surface area contributed by atoms with Crippen LogP contribution < -0.4 is 19.9 Å². The van der Waals surface area contributed by atoms with E-state index in [0.717, 1.165) is 10.6 Å². The van der Waals surface area contributed by atoms with Crippen LogP contribution in [-0.2, 0) is 16.0 Å². The maximum Gasteiger partial charge on any atom is 0.335 e. The van der Waals surface area contributed by atoms with Gasteiger partial charge in [-0.1, -0.05) is 0 Å². The highest BCUT2D eigenvalue weighted by atomic mass is 16.6. The van der Waals surface area contributed by atoms with Crippen LogP contribution in [0.4, 0.5) is 21.9 Å². The molecule has 0 aliphatic carbocycles.